The molecule has 0 radical (unpaired) electrons. The minimum Gasteiger partial charge on any atom is -0.395 e. The van der Waals surface area contributed by atoms with Crippen LogP contribution in [0.1, 0.15) is 0 Å². The van der Waals surface area contributed by atoms with Crippen molar-refractivity contribution in [3.63, 3.8) is 0 Å². The highest BCUT2D eigenvalue weighted by Gasteiger charge is 2.30. The number of hydrogen-bond donors (Lipinski definition) is 2. The third kappa shape index (κ3) is 2.92. The molecule has 7 heteroatoms. The predicted octanol–water partition coefficient (Wildman–Crippen LogP) is 1.09. The van der Waals surface area contributed by atoms with Crippen molar-refractivity contribution in [3.8, 4) is 0 Å². The fraction of sp³-hybridized carbons (Fsp3) is 0.167. The molecule has 0 aromatic heterocycles. The van der Waals surface area contributed by atoms with Crippen LogP contribution in [0.2, 0.25) is 0 Å². The SMILES string of the molecule is O=C1C=C(Nc2ccc(I)cc2F)C(=O)N1CCO. The number of aliphatic hydroxyl groups is 1. The quantitative estimate of drug-likeness (QED) is 0.610. The molecule has 0 saturated carbocycles. The Labute approximate surface area is 122 Å². The minimum atomic E-state index is -0.572. The van der Waals surface area contributed by atoms with E-state index in [9.17, 15) is 14.0 Å². The summed E-state index contributed by atoms with van der Waals surface area (Å²) in [7, 11) is 0. The molecule has 1 aliphatic rings. The Morgan fingerprint density at radius 1 is 1.37 bits per heavy atom. The van der Waals surface area contributed by atoms with E-state index < -0.39 is 17.6 Å². The third-order valence-corrected chi connectivity index (χ3v) is 3.20. The third-order valence-electron chi connectivity index (χ3n) is 2.53. The molecule has 2 N–H and O–H groups in total. The summed E-state index contributed by atoms with van der Waals surface area (Å²) in [6, 6.07) is 4.49. The van der Waals surface area contributed by atoms with Gasteiger partial charge in [0.2, 0.25) is 0 Å². The van der Waals surface area contributed by atoms with Crippen LogP contribution in [0.25, 0.3) is 0 Å². The molecule has 1 aromatic rings. The molecule has 19 heavy (non-hydrogen) atoms. The van der Waals surface area contributed by atoms with E-state index in [0.717, 1.165) is 14.5 Å². The predicted molar refractivity (Wildman–Crippen MR) is 74.6 cm³/mol. The fourth-order valence-corrected chi connectivity index (χ4v) is 2.10. The number of imide groups is 1. The van der Waals surface area contributed by atoms with Crippen LogP contribution in [0, 0.1) is 9.39 Å². The lowest BCUT2D eigenvalue weighted by molar-refractivity contribution is -0.137. The highest BCUT2D eigenvalue weighted by molar-refractivity contribution is 14.1. The number of halogens is 2. The van der Waals surface area contributed by atoms with E-state index in [-0.39, 0.29) is 24.5 Å². The summed E-state index contributed by atoms with van der Waals surface area (Å²) in [5.74, 6) is -1.60. The molecule has 5 nitrogen and oxygen atoms in total. The first-order valence-corrected chi connectivity index (χ1v) is 6.51. The standard InChI is InChI=1S/C12H10FIN2O3/c13-8-5-7(14)1-2-9(8)15-10-6-11(18)16(3-4-17)12(10)19/h1-2,5-6,15,17H,3-4H2. The zero-order valence-electron chi connectivity index (χ0n) is 9.69. The van der Waals surface area contributed by atoms with E-state index in [0.29, 0.717) is 0 Å². The largest absolute Gasteiger partial charge is 0.395 e. The van der Waals surface area contributed by atoms with Crippen LogP contribution in [-0.2, 0) is 9.59 Å². The lowest BCUT2D eigenvalue weighted by Crippen LogP contribution is -2.34. The Morgan fingerprint density at radius 3 is 2.74 bits per heavy atom. The highest BCUT2D eigenvalue weighted by Crippen LogP contribution is 2.21. The Kier molecular flexibility index (Phi) is 4.15. The van der Waals surface area contributed by atoms with Crippen molar-refractivity contribution in [2.75, 3.05) is 18.5 Å². The number of carbonyl (C=O) groups is 2. The van der Waals surface area contributed by atoms with Crippen molar-refractivity contribution in [1.29, 1.82) is 0 Å². The monoisotopic (exact) mass is 376 g/mol. The Bertz CT molecular complexity index is 574. The van der Waals surface area contributed by atoms with Gasteiger partial charge in [-0.2, -0.15) is 0 Å². The normalized spacial score (nSPS) is 14.9. The van der Waals surface area contributed by atoms with Gasteiger partial charge in [-0.15, -0.1) is 0 Å². The molecule has 0 aliphatic carbocycles. The molecule has 1 heterocycles. The van der Waals surface area contributed by atoms with Crippen molar-refractivity contribution >= 4 is 40.1 Å². The number of benzene rings is 1. The summed E-state index contributed by atoms with van der Waals surface area (Å²) < 4.78 is 14.4. The molecule has 1 aliphatic heterocycles. The van der Waals surface area contributed by atoms with Crippen molar-refractivity contribution < 1.29 is 19.1 Å². The van der Waals surface area contributed by atoms with Crippen molar-refractivity contribution in [2.45, 2.75) is 0 Å². The number of nitrogens with one attached hydrogen (secondary N) is 1. The molecule has 0 fully saturated rings. The molecule has 100 valence electrons. The first-order valence-electron chi connectivity index (χ1n) is 5.43. The summed E-state index contributed by atoms with van der Waals surface area (Å²) in [4.78, 5) is 24.2. The maximum absolute atomic E-state index is 13.6. The van der Waals surface area contributed by atoms with E-state index in [1.54, 1.807) is 6.07 Å². The summed E-state index contributed by atoms with van der Waals surface area (Å²) in [5, 5.41) is 11.4. The van der Waals surface area contributed by atoms with Crippen molar-refractivity contribution in [1.82, 2.24) is 4.90 Å². The Balaban J connectivity index is 2.18. The van der Waals surface area contributed by atoms with Crippen LogP contribution >= 0.6 is 22.6 Å². The average Bonchev–Trinajstić information content (AvgIpc) is 2.61. The van der Waals surface area contributed by atoms with Gasteiger partial charge in [-0.25, -0.2) is 4.39 Å². The smallest absolute Gasteiger partial charge is 0.277 e. The molecular weight excluding hydrogens is 366 g/mol. The van der Waals surface area contributed by atoms with Gasteiger partial charge >= 0.3 is 0 Å². The topological polar surface area (TPSA) is 69.6 Å². The zero-order valence-corrected chi connectivity index (χ0v) is 11.8. The second kappa shape index (κ2) is 5.66. The maximum Gasteiger partial charge on any atom is 0.277 e. The number of amides is 2. The van der Waals surface area contributed by atoms with Crippen LogP contribution in [0.5, 0.6) is 0 Å². The van der Waals surface area contributed by atoms with Crippen LogP contribution in [0.15, 0.2) is 30.0 Å². The van der Waals surface area contributed by atoms with Gasteiger partial charge in [-0.3, -0.25) is 14.5 Å². The number of rotatable bonds is 4. The summed E-state index contributed by atoms with van der Waals surface area (Å²) >= 11 is 1.97. The van der Waals surface area contributed by atoms with Crippen molar-refractivity contribution in [2.24, 2.45) is 0 Å². The molecule has 0 spiro atoms. The Hall–Kier alpha value is -1.48. The highest BCUT2D eigenvalue weighted by atomic mass is 127. The molecule has 0 atom stereocenters. The molecule has 2 amide bonds. The molecular formula is C12H10FIN2O3. The van der Waals surface area contributed by atoms with Gasteiger partial charge in [0.25, 0.3) is 11.8 Å². The van der Waals surface area contributed by atoms with Gasteiger partial charge in [0.05, 0.1) is 18.8 Å². The number of aliphatic hydroxyl groups excluding tert-OH is 1. The average molecular weight is 376 g/mol. The first kappa shape index (κ1) is 13.9. The zero-order chi connectivity index (χ0) is 14.0. The first-order chi connectivity index (χ1) is 9.02. The fourth-order valence-electron chi connectivity index (χ4n) is 1.65. The van der Waals surface area contributed by atoms with E-state index in [1.165, 1.54) is 12.1 Å². The lowest BCUT2D eigenvalue weighted by Gasteiger charge is -2.13. The molecule has 0 unspecified atom stereocenters. The van der Waals surface area contributed by atoms with Crippen LogP contribution in [0.3, 0.4) is 0 Å². The van der Waals surface area contributed by atoms with E-state index >= 15 is 0 Å². The van der Waals surface area contributed by atoms with Gasteiger partial charge in [0.1, 0.15) is 11.5 Å². The van der Waals surface area contributed by atoms with E-state index in [4.69, 9.17) is 5.11 Å². The van der Waals surface area contributed by atoms with Gasteiger partial charge < -0.3 is 10.4 Å². The molecule has 2 rings (SSSR count). The van der Waals surface area contributed by atoms with Crippen molar-refractivity contribution in [3.05, 3.63) is 39.4 Å². The summed E-state index contributed by atoms with van der Waals surface area (Å²) in [6.45, 7) is -0.384. The number of carbonyl (C=O) groups excluding carboxylic acids is 2. The minimum absolute atomic E-state index is 0.00134. The Morgan fingerprint density at radius 2 is 2.11 bits per heavy atom. The van der Waals surface area contributed by atoms with Crippen LogP contribution in [-0.4, -0.2) is 35.0 Å². The van der Waals surface area contributed by atoms with Gasteiger partial charge in [-0.05, 0) is 40.8 Å². The van der Waals surface area contributed by atoms with Gasteiger partial charge in [0, 0.05) is 9.65 Å². The number of hydrogen-bond acceptors (Lipinski definition) is 4. The second-order valence-electron chi connectivity index (χ2n) is 3.83. The number of anilines is 1. The lowest BCUT2D eigenvalue weighted by atomic mass is 10.3. The molecule has 0 bridgehead atoms. The molecule has 0 saturated heterocycles. The summed E-state index contributed by atoms with van der Waals surface area (Å²) in [5.41, 5.74) is 0.122. The van der Waals surface area contributed by atoms with Crippen LogP contribution in [0.4, 0.5) is 10.1 Å². The van der Waals surface area contributed by atoms with Gasteiger partial charge in [0.15, 0.2) is 0 Å². The van der Waals surface area contributed by atoms with Gasteiger partial charge in [-0.1, -0.05) is 0 Å². The van der Waals surface area contributed by atoms with Crippen LogP contribution < -0.4 is 5.32 Å². The maximum atomic E-state index is 13.6. The van der Waals surface area contributed by atoms with E-state index in [2.05, 4.69) is 5.32 Å². The second-order valence-corrected chi connectivity index (χ2v) is 5.07. The van der Waals surface area contributed by atoms with E-state index in [1.807, 2.05) is 22.6 Å². The number of nitrogens with zero attached hydrogens (tertiary/aromatic N) is 1. The molecule has 1 aromatic carbocycles. The number of β-amino-alcohol motifs (C(OH)–C–C–N with tert-alkyl or cyclic N) is 1. The summed E-state index contributed by atoms with van der Waals surface area (Å²) in [6.07, 6.45) is 1.09.